The SMILES string of the molecule is NCc1ccc(C2OC=CO2)cc1. The molecule has 1 aromatic rings. The molecule has 2 rings (SSSR count). The van der Waals surface area contributed by atoms with Crippen molar-refractivity contribution in [3.05, 3.63) is 47.9 Å². The van der Waals surface area contributed by atoms with Crippen LogP contribution in [0.4, 0.5) is 0 Å². The molecule has 0 fully saturated rings. The van der Waals surface area contributed by atoms with Crippen molar-refractivity contribution in [1.82, 2.24) is 0 Å². The molecule has 3 nitrogen and oxygen atoms in total. The van der Waals surface area contributed by atoms with E-state index in [9.17, 15) is 0 Å². The molecule has 0 bridgehead atoms. The number of nitrogens with two attached hydrogens (primary N) is 1. The molecule has 1 aliphatic heterocycles. The molecule has 0 saturated carbocycles. The molecular formula is C10H11NO2. The molecule has 0 amide bonds. The number of hydrogen-bond acceptors (Lipinski definition) is 3. The molecule has 2 N–H and O–H groups in total. The van der Waals surface area contributed by atoms with Crippen LogP contribution in [0.5, 0.6) is 0 Å². The third-order valence-corrected chi connectivity index (χ3v) is 1.95. The third kappa shape index (κ3) is 1.65. The lowest BCUT2D eigenvalue weighted by Gasteiger charge is -2.10. The van der Waals surface area contributed by atoms with Crippen LogP contribution >= 0.6 is 0 Å². The maximum Gasteiger partial charge on any atom is 0.266 e. The van der Waals surface area contributed by atoms with Crippen molar-refractivity contribution in [2.45, 2.75) is 12.8 Å². The van der Waals surface area contributed by atoms with Crippen molar-refractivity contribution in [2.75, 3.05) is 0 Å². The van der Waals surface area contributed by atoms with E-state index in [2.05, 4.69) is 0 Å². The summed E-state index contributed by atoms with van der Waals surface area (Å²) in [6.07, 6.45) is 2.80. The van der Waals surface area contributed by atoms with Crippen LogP contribution in [-0.4, -0.2) is 0 Å². The molecule has 0 radical (unpaired) electrons. The van der Waals surface area contributed by atoms with Crippen LogP contribution in [0.3, 0.4) is 0 Å². The highest BCUT2D eigenvalue weighted by atomic mass is 16.7. The minimum atomic E-state index is -0.285. The molecule has 1 heterocycles. The Labute approximate surface area is 76.8 Å². The molecule has 0 atom stereocenters. The zero-order valence-electron chi connectivity index (χ0n) is 7.14. The summed E-state index contributed by atoms with van der Waals surface area (Å²) in [6, 6.07) is 7.86. The van der Waals surface area contributed by atoms with Crippen LogP contribution in [0.15, 0.2) is 36.8 Å². The van der Waals surface area contributed by atoms with Gasteiger partial charge >= 0.3 is 0 Å². The van der Waals surface area contributed by atoms with Gasteiger partial charge in [-0.2, -0.15) is 0 Å². The third-order valence-electron chi connectivity index (χ3n) is 1.95. The Morgan fingerprint density at radius 1 is 1.08 bits per heavy atom. The van der Waals surface area contributed by atoms with Crippen LogP contribution < -0.4 is 5.73 Å². The fourth-order valence-corrected chi connectivity index (χ4v) is 1.21. The number of rotatable bonds is 2. The molecule has 1 aromatic carbocycles. The molecule has 0 saturated heterocycles. The van der Waals surface area contributed by atoms with E-state index in [1.807, 2.05) is 24.3 Å². The van der Waals surface area contributed by atoms with Gasteiger partial charge in [0.2, 0.25) is 0 Å². The van der Waals surface area contributed by atoms with Gasteiger partial charge in [-0.05, 0) is 5.56 Å². The van der Waals surface area contributed by atoms with Crippen LogP contribution in [0.25, 0.3) is 0 Å². The molecule has 0 aromatic heterocycles. The van der Waals surface area contributed by atoms with Gasteiger partial charge in [-0.25, -0.2) is 0 Å². The van der Waals surface area contributed by atoms with Crippen molar-refractivity contribution < 1.29 is 9.47 Å². The maximum atomic E-state index is 5.48. The Morgan fingerprint density at radius 2 is 1.69 bits per heavy atom. The van der Waals surface area contributed by atoms with E-state index in [1.165, 1.54) is 0 Å². The summed E-state index contributed by atoms with van der Waals surface area (Å²) in [5.41, 5.74) is 7.59. The Morgan fingerprint density at radius 3 is 2.23 bits per heavy atom. The molecule has 0 spiro atoms. The second kappa shape index (κ2) is 3.49. The second-order valence-electron chi connectivity index (χ2n) is 2.82. The van der Waals surface area contributed by atoms with Gasteiger partial charge in [0.25, 0.3) is 6.29 Å². The lowest BCUT2D eigenvalue weighted by atomic mass is 10.1. The van der Waals surface area contributed by atoms with E-state index in [1.54, 1.807) is 12.5 Å². The van der Waals surface area contributed by atoms with Gasteiger partial charge in [-0.15, -0.1) is 0 Å². The predicted octanol–water partition coefficient (Wildman–Crippen LogP) is 1.66. The Balaban J connectivity index is 2.13. The van der Waals surface area contributed by atoms with E-state index >= 15 is 0 Å². The molecule has 1 aliphatic rings. The van der Waals surface area contributed by atoms with E-state index in [-0.39, 0.29) is 6.29 Å². The Kier molecular flexibility index (Phi) is 2.19. The standard InChI is InChI=1S/C10H11NO2/c11-7-8-1-3-9(4-2-8)10-12-5-6-13-10/h1-6,10H,7,11H2. The zero-order chi connectivity index (χ0) is 9.10. The largest absolute Gasteiger partial charge is 0.455 e. The fourth-order valence-electron chi connectivity index (χ4n) is 1.21. The zero-order valence-corrected chi connectivity index (χ0v) is 7.14. The van der Waals surface area contributed by atoms with Gasteiger partial charge in [0.15, 0.2) is 0 Å². The summed E-state index contributed by atoms with van der Waals surface area (Å²) in [5.74, 6) is 0. The highest BCUT2D eigenvalue weighted by Crippen LogP contribution is 2.23. The highest BCUT2D eigenvalue weighted by molar-refractivity contribution is 5.23. The van der Waals surface area contributed by atoms with Crippen molar-refractivity contribution in [1.29, 1.82) is 0 Å². The Bertz CT molecular complexity index is 297. The smallest absolute Gasteiger partial charge is 0.266 e. The van der Waals surface area contributed by atoms with Gasteiger partial charge in [-0.3, -0.25) is 0 Å². The lowest BCUT2D eigenvalue weighted by molar-refractivity contribution is -0.0246. The summed E-state index contributed by atoms with van der Waals surface area (Å²) in [7, 11) is 0. The monoisotopic (exact) mass is 177 g/mol. The van der Waals surface area contributed by atoms with Crippen LogP contribution in [0.1, 0.15) is 17.4 Å². The van der Waals surface area contributed by atoms with Crippen molar-refractivity contribution in [2.24, 2.45) is 5.73 Å². The van der Waals surface area contributed by atoms with Crippen molar-refractivity contribution in [3.8, 4) is 0 Å². The first-order valence-electron chi connectivity index (χ1n) is 4.15. The lowest BCUT2D eigenvalue weighted by Crippen LogP contribution is -2.00. The summed E-state index contributed by atoms with van der Waals surface area (Å²) in [5, 5.41) is 0. The van der Waals surface area contributed by atoms with E-state index < -0.39 is 0 Å². The fraction of sp³-hybridized carbons (Fsp3) is 0.200. The number of hydrogen-bond donors (Lipinski definition) is 1. The van der Waals surface area contributed by atoms with Crippen LogP contribution in [0.2, 0.25) is 0 Å². The predicted molar refractivity (Wildman–Crippen MR) is 48.4 cm³/mol. The summed E-state index contributed by atoms with van der Waals surface area (Å²) >= 11 is 0. The average Bonchev–Trinajstić information content (AvgIpc) is 2.71. The molecular weight excluding hydrogens is 166 g/mol. The highest BCUT2D eigenvalue weighted by Gasteiger charge is 2.14. The number of ether oxygens (including phenoxy) is 2. The minimum Gasteiger partial charge on any atom is -0.455 e. The molecule has 3 heteroatoms. The minimum absolute atomic E-state index is 0.285. The summed E-state index contributed by atoms with van der Waals surface area (Å²) < 4.78 is 10.4. The average molecular weight is 177 g/mol. The van der Waals surface area contributed by atoms with Crippen molar-refractivity contribution >= 4 is 0 Å². The van der Waals surface area contributed by atoms with Crippen LogP contribution in [0, 0.1) is 0 Å². The topological polar surface area (TPSA) is 44.5 Å². The Hall–Kier alpha value is -1.48. The van der Waals surface area contributed by atoms with E-state index in [4.69, 9.17) is 15.2 Å². The van der Waals surface area contributed by atoms with Gasteiger partial charge in [0, 0.05) is 12.1 Å². The van der Waals surface area contributed by atoms with Gasteiger partial charge in [-0.1, -0.05) is 24.3 Å². The summed E-state index contributed by atoms with van der Waals surface area (Å²) in [6.45, 7) is 0.560. The normalized spacial score (nSPS) is 15.5. The van der Waals surface area contributed by atoms with E-state index in [0.29, 0.717) is 6.54 Å². The first kappa shape index (κ1) is 8.13. The van der Waals surface area contributed by atoms with Gasteiger partial charge in [0.1, 0.15) is 12.5 Å². The maximum absolute atomic E-state index is 5.48. The molecule has 13 heavy (non-hydrogen) atoms. The van der Waals surface area contributed by atoms with Gasteiger partial charge in [0.05, 0.1) is 0 Å². The molecule has 68 valence electrons. The number of benzene rings is 1. The van der Waals surface area contributed by atoms with E-state index in [0.717, 1.165) is 11.1 Å². The van der Waals surface area contributed by atoms with Crippen LogP contribution in [-0.2, 0) is 16.0 Å². The first-order chi connectivity index (χ1) is 6.40. The molecule has 0 aliphatic carbocycles. The molecule has 0 unspecified atom stereocenters. The summed E-state index contributed by atoms with van der Waals surface area (Å²) in [4.78, 5) is 0. The quantitative estimate of drug-likeness (QED) is 0.747. The second-order valence-corrected chi connectivity index (χ2v) is 2.82. The van der Waals surface area contributed by atoms with Crippen molar-refractivity contribution in [3.63, 3.8) is 0 Å². The first-order valence-corrected chi connectivity index (χ1v) is 4.15. The van der Waals surface area contributed by atoms with Gasteiger partial charge < -0.3 is 15.2 Å².